The van der Waals surface area contributed by atoms with Gasteiger partial charge >= 0.3 is 0 Å². The molecule has 1 spiro atoms. The van der Waals surface area contributed by atoms with Crippen LogP contribution in [-0.4, -0.2) is 22.8 Å². The van der Waals surface area contributed by atoms with Crippen LogP contribution in [0, 0.1) is 0 Å². The van der Waals surface area contributed by atoms with Crippen molar-refractivity contribution in [1.82, 2.24) is 3.96 Å². The van der Waals surface area contributed by atoms with Crippen molar-refractivity contribution in [2.24, 2.45) is 4.99 Å². The first-order chi connectivity index (χ1) is 13.7. The minimum absolute atomic E-state index is 0.126. The van der Waals surface area contributed by atoms with Crippen LogP contribution in [0.5, 0.6) is 5.75 Å². The molecule has 0 N–H and O–H groups in total. The van der Waals surface area contributed by atoms with Crippen molar-refractivity contribution in [3.63, 3.8) is 0 Å². The van der Waals surface area contributed by atoms with Gasteiger partial charge in [0.25, 0.3) is 11.7 Å². The number of aromatic nitrogens is 1. The Balaban J connectivity index is 1.83. The number of ether oxygens (including phenoxy) is 3. The van der Waals surface area contributed by atoms with Crippen LogP contribution in [0.3, 0.4) is 0 Å². The molecule has 154 valence electrons. The maximum atomic E-state index is 13.0. The van der Waals surface area contributed by atoms with E-state index in [-0.39, 0.29) is 11.4 Å². The van der Waals surface area contributed by atoms with Crippen LogP contribution in [0.25, 0.3) is 0 Å². The maximum Gasteiger partial charge on any atom is 0.282 e. The number of fused-ring (bicyclic) bond motifs is 1. The highest BCUT2D eigenvalue weighted by atomic mass is 35.5. The van der Waals surface area contributed by atoms with Gasteiger partial charge in [0.15, 0.2) is 0 Å². The molecule has 0 fully saturated rings. The van der Waals surface area contributed by atoms with Crippen molar-refractivity contribution in [3.05, 3.63) is 57.2 Å². The van der Waals surface area contributed by atoms with E-state index >= 15 is 0 Å². The van der Waals surface area contributed by atoms with E-state index in [9.17, 15) is 4.79 Å². The molecule has 2 aliphatic rings. The third kappa shape index (κ3) is 3.69. The fraction of sp³-hybridized carbons (Fsp3) is 0.429. The molecule has 1 aliphatic carbocycles. The van der Waals surface area contributed by atoms with Crippen LogP contribution in [0.4, 0.5) is 0 Å². The molecule has 1 aromatic heterocycles. The van der Waals surface area contributed by atoms with Gasteiger partial charge < -0.3 is 14.2 Å². The van der Waals surface area contributed by atoms with Crippen molar-refractivity contribution < 1.29 is 19.0 Å². The first-order valence-corrected chi connectivity index (χ1v) is 10.6. The van der Waals surface area contributed by atoms with Gasteiger partial charge in [-0.25, -0.2) is 0 Å². The van der Waals surface area contributed by atoms with Crippen LogP contribution < -0.4 is 9.41 Å². The Morgan fingerprint density at radius 2 is 2.03 bits per heavy atom. The lowest BCUT2D eigenvalue weighted by atomic mass is 9.91. The second-order valence-electron chi connectivity index (χ2n) is 8.14. The molecule has 0 saturated carbocycles. The van der Waals surface area contributed by atoms with Gasteiger partial charge in [-0.15, -0.1) is 0 Å². The van der Waals surface area contributed by atoms with Crippen LogP contribution in [0.15, 0.2) is 35.7 Å². The number of nitrogens with zero attached hydrogens (tertiary/aromatic N) is 2. The second-order valence-corrected chi connectivity index (χ2v) is 9.51. The van der Waals surface area contributed by atoms with Crippen molar-refractivity contribution in [3.8, 4) is 5.75 Å². The quantitative estimate of drug-likeness (QED) is 0.702. The summed E-state index contributed by atoms with van der Waals surface area (Å²) in [7, 11) is 1.52. The number of benzene rings is 1. The van der Waals surface area contributed by atoms with Gasteiger partial charge in [0, 0.05) is 28.2 Å². The van der Waals surface area contributed by atoms with Gasteiger partial charge in [0.2, 0.25) is 0 Å². The van der Waals surface area contributed by atoms with Crippen LogP contribution in [-0.2, 0) is 27.9 Å². The monoisotopic (exact) mass is 434 g/mol. The molecule has 29 heavy (non-hydrogen) atoms. The maximum absolute atomic E-state index is 13.0. The van der Waals surface area contributed by atoms with Crippen LogP contribution >= 0.6 is 23.1 Å². The first-order valence-electron chi connectivity index (χ1n) is 9.40. The fourth-order valence-electron chi connectivity index (χ4n) is 3.70. The van der Waals surface area contributed by atoms with E-state index in [2.05, 4.69) is 29.7 Å². The predicted octanol–water partition coefficient (Wildman–Crippen LogP) is 4.41. The largest absolute Gasteiger partial charge is 0.496 e. The van der Waals surface area contributed by atoms with Crippen LogP contribution in [0.1, 0.15) is 48.8 Å². The summed E-state index contributed by atoms with van der Waals surface area (Å²) in [6, 6.07) is 4.94. The number of rotatable bonds is 2. The zero-order chi connectivity index (χ0) is 20.8. The van der Waals surface area contributed by atoms with Crippen molar-refractivity contribution in [2.45, 2.75) is 51.4 Å². The Labute approximate surface area is 178 Å². The molecule has 0 bridgehead atoms. The number of amides is 1. The number of hydrogen-bond acceptors (Lipinski definition) is 5. The molecular formula is C21H23ClN2O4S. The van der Waals surface area contributed by atoms with E-state index in [1.807, 2.05) is 0 Å². The summed E-state index contributed by atoms with van der Waals surface area (Å²) in [5.74, 6) is -0.647. The second kappa shape index (κ2) is 7.22. The van der Waals surface area contributed by atoms with Crippen molar-refractivity contribution in [2.75, 3.05) is 7.11 Å². The number of carbonyl (C=O) groups excluding carboxylic acids is 1. The lowest BCUT2D eigenvalue weighted by Crippen LogP contribution is -2.39. The van der Waals surface area contributed by atoms with E-state index in [4.69, 9.17) is 25.8 Å². The Hall–Kier alpha value is -2.25. The topological polar surface area (TPSA) is 62.0 Å². The highest BCUT2D eigenvalue weighted by Gasteiger charge is 2.42. The Morgan fingerprint density at radius 3 is 2.69 bits per heavy atom. The summed E-state index contributed by atoms with van der Waals surface area (Å²) in [5, 5.41) is 0.458. The number of methoxy groups -OCH3 is 1. The molecule has 1 amide bonds. The Bertz CT molecular complexity index is 1050. The number of carbonyl (C=O) groups is 1. The minimum Gasteiger partial charge on any atom is -0.496 e. The van der Waals surface area contributed by atoms with Crippen molar-refractivity contribution >= 4 is 29.0 Å². The average molecular weight is 435 g/mol. The zero-order valence-corrected chi connectivity index (χ0v) is 18.4. The van der Waals surface area contributed by atoms with E-state index < -0.39 is 5.79 Å². The lowest BCUT2D eigenvalue weighted by Gasteiger charge is -2.33. The highest BCUT2D eigenvalue weighted by Crippen LogP contribution is 2.37. The van der Waals surface area contributed by atoms with Gasteiger partial charge in [0.1, 0.15) is 22.9 Å². The molecular weight excluding hydrogens is 412 g/mol. The Morgan fingerprint density at radius 1 is 1.31 bits per heavy atom. The highest BCUT2D eigenvalue weighted by molar-refractivity contribution is 7.04. The van der Waals surface area contributed by atoms with Crippen molar-refractivity contribution in [1.29, 1.82) is 0 Å². The summed E-state index contributed by atoms with van der Waals surface area (Å²) < 4.78 is 19.7. The summed E-state index contributed by atoms with van der Waals surface area (Å²) >= 11 is 7.58. The zero-order valence-electron chi connectivity index (χ0n) is 16.8. The Kier molecular flexibility index (Phi) is 4.99. The first kappa shape index (κ1) is 20.0. The third-order valence-electron chi connectivity index (χ3n) is 5.04. The lowest BCUT2D eigenvalue weighted by molar-refractivity contribution is -0.149. The summed E-state index contributed by atoms with van der Waals surface area (Å²) in [4.78, 5) is 17.5. The number of halogens is 1. The molecule has 6 nitrogen and oxygen atoms in total. The van der Waals surface area contributed by atoms with Gasteiger partial charge in [-0.05, 0) is 56.9 Å². The standard InChI is InChI=1S/C21H23ClN2O4S/c1-20(2,3)24-16-7-8-21(27-9-10-28-21)12-15(16)19(29-24)23-18(25)14-11-13(22)5-6-17(14)26-4/h5-6,9-11H,7-8,12H2,1-4H3. The summed E-state index contributed by atoms with van der Waals surface area (Å²) in [5.41, 5.74) is 2.38. The molecule has 0 atom stereocenters. The van der Waals surface area contributed by atoms with E-state index in [0.717, 1.165) is 18.4 Å². The minimum atomic E-state index is -0.704. The van der Waals surface area contributed by atoms with E-state index in [1.54, 1.807) is 30.7 Å². The number of hydrogen-bond donors (Lipinski definition) is 0. The molecule has 0 saturated heterocycles. The molecule has 1 aromatic carbocycles. The molecule has 0 unspecified atom stereocenters. The molecule has 4 rings (SSSR count). The molecule has 1 aliphatic heterocycles. The average Bonchev–Trinajstić information content (AvgIpc) is 3.26. The SMILES string of the molecule is COc1ccc(Cl)cc1C(=O)N=c1sn(C(C)(C)C)c2c1CC1(CC2)OC=CO1. The normalized spacial score (nSPS) is 17.8. The molecule has 2 aromatic rings. The van der Waals surface area contributed by atoms with Gasteiger partial charge in [0.05, 0.1) is 19.1 Å². The van der Waals surface area contributed by atoms with Gasteiger partial charge in [-0.2, -0.15) is 4.99 Å². The molecule has 0 radical (unpaired) electrons. The summed E-state index contributed by atoms with van der Waals surface area (Å²) in [6.07, 6.45) is 5.22. The molecule has 8 heteroatoms. The molecule has 2 heterocycles. The van der Waals surface area contributed by atoms with Gasteiger partial charge in [-0.3, -0.25) is 8.75 Å². The van der Waals surface area contributed by atoms with Crippen LogP contribution in [0.2, 0.25) is 5.02 Å². The predicted molar refractivity (Wildman–Crippen MR) is 111 cm³/mol. The third-order valence-corrected chi connectivity index (χ3v) is 6.74. The fourth-order valence-corrected chi connectivity index (χ4v) is 5.06. The van der Waals surface area contributed by atoms with Gasteiger partial charge in [-0.1, -0.05) is 11.6 Å². The smallest absolute Gasteiger partial charge is 0.282 e. The summed E-state index contributed by atoms with van der Waals surface area (Å²) in [6.45, 7) is 6.43. The van der Waals surface area contributed by atoms with E-state index in [1.165, 1.54) is 24.3 Å². The van der Waals surface area contributed by atoms with E-state index in [0.29, 0.717) is 27.4 Å².